The van der Waals surface area contributed by atoms with E-state index in [1.54, 1.807) is 0 Å². The van der Waals surface area contributed by atoms with Gasteiger partial charge in [0.2, 0.25) is 0 Å². The first kappa shape index (κ1) is 26.2. The summed E-state index contributed by atoms with van der Waals surface area (Å²) in [5, 5.41) is 0.810. The van der Waals surface area contributed by atoms with Crippen LogP contribution in [0.1, 0.15) is 54.0 Å². The molecular weight excluding hydrogens is 605 g/mol. The van der Waals surface area contributed by atoms with Crippen LogP contribution < -0.4 is 0 Å². The van der Waals surface area contributed by atoms with Gasteiger partial charge >= 0.3 is 0 Å². The molecule has 3 nitrogen and oxygen atoms in total. The molecule has 1 unspecified atom stereocenters. The van der Waals surface area contributed by atoms with Crippen molar-refractivity contribution in [2.24, 2.45) is 11.8 Å². The van der Waals surface area contributed by atoms with Crippen LogP contribution in [0.15, 0.2) is 45.6 Å². The average molecular weight is 640 g/mol. The molecule has 2 saturated heterocycles. The highest BCUT2D eigenvalue weighted by Crippen LogP contribution is 2.46. The lowest BCUT2D eigenvalue weighted by Crippen LogP contribution is -2.36. The van der Waals surface area contributed by atoms with Crippen LogP contribution >= 0.6 is 51.5 Å². The Kier molecular flexibility index (Phi) is 8.31. The van der Waals surface area contributed by atoms with E-state index < -0.39 is 0 Å². The molecule has 1 aromatic heterocycles. The van der Waals surface area contributed by atoms with Crippen molar-refractivity contribution < 1.29 is 0 Å². The second-order valence-corrected chi connectivity index (χ2v) is 15.1. The molecule has 2 aromatic rings. The molecule has 1 aliphatic carbocycles. The Balaban J connectivity index is 1.33. The zero-order valence-electron chi connectivity index (χ0n) is 20.7. The molecule has 0 N–H and O–H groups in total. The first-order valence-electron chi connectivity index (χ1n) is 12.8. The molecule has 1 aromatic carbocycles. The average Bonchev–Trinajstić information content (AvgIpc) is 3.23. The maximum absolute atomic E-state index is 6.48. The summed E-state index contributed by atoms with van der Waals surface area (Å²) >= 11 is 14.0. The molecule has 2 aliphatic heterocycles. The van der Waals surface area contributed by atoms with Crippen LogP contribution in [0.2, 0.25) is 5.02 Å². The molecule has 35 heavy (non-hydrogen) atoms. The molecule has 188 valence electrons. The van der Waals surface area contributed by atoms with Crippen molar-refractivity contribution in [3.05, 3.63) is 73.0 Å². The Bertz CT molecular complexity index is 1100. The zero-order chi connectivity index (χ0) is 24.7. The second kappa shape index (κ2) is 11.1. The van der Waals surface area contributed by atoms with E-state index in [-0.39, 0.29) is 8.07 Å². The maximum Gasteiger partial charge on any atom is 0.0514 e. The van der Waals surface area contributed by atoms with Crippen LogP contribution in [-0.2, 0) is 12.8 Å². The highest BCUT2D eigenvalue weighted by atomic mass is 79.9. The third-order valence-corrected chi connectivity index (χ3v) is 11.0. The van der Waals surface area contributed by atoms with Crippen LogP contribution in [0.5, 0.6) is 0 Å². The topological polar surface area (TPSA) is 19.4 Å². The number of piperidine rings is 1. The van der Waals surface area contributed by atoms with E-state index in [4.69, 9.17) is 16.6 Å². The molecule has 2 fully saturated rings. The van der Waals surface area contributed by atoms with Gasteiger partial charge in [-0.25, -0.2) is 0 Å². The van der Waals surface area contributed by atoms with Gasteiger partial charge in [0.25, 0.3) is 0 Å². The molecule has 2 atom stereocenters. The van der Waals surface area contributed by atoms with E-state index in [0.717, 1.165) is 52.2 Å². The number of nitrogens with zero attached hydrogens (tertiary/aromatic N) is 3. The van der Waals surface area contributed by atoms with Crippen LogP contribution in [0.4, 0.5) is 0 Å². The monoisotopic (exact) mass is 637 g/mol. The molecular formula is C28H35Br2ClN3P. The second-order valence-electron chi connectivity index (χ2n) is 10.6. The minimum atomic E-state index is 0.0363. The number of fused-ring (bicyclic) bond motifs is 2. The van der Waals surface area contributed by atoms with Gasteiger partial charge < -0.3 is 4.90 Å². The van der Waals surface area contributed by atoms with Crippen molar-refractivity contribution in [1.82, 2.24) is 14.6 Å². The summed E-state index contributed by atoms with van der Waals surface area (Å²) in [7, 11) is 0.0363. The molecule has 0 radical (unpaired) electrons. The fourth-order valence-electron chi connectivity index (χ4n) is 6.38. The van der Waals surface area contributed by atoms with Gasteiger partial charge in [-0.1, -0.05) is 34.1 Å². The number of benzene rings is 1. The Morgan fingerprint density at radius 1 is 1.09 bits per heavy atom. The van der Waals surface area contributed by atoms with Crippen LogP contribution in [0, 0.1) is 11.8 Å². The van der Waals surface area contributed by atoms with E-state index in [1.807, 2.05) is 6.20 Å². The molecule has 0 spiro atoms. The highest BCUT2D eigenvalue weighted by Gasteiger charge is 2.36. The lowest BCUT2D eigenvalue weighted by atomic mass is 9.76. The van der Waals surface area contributed by atoms with Gasteiger partial charge in [0, 0.05) is 58.0 Å². The molecule has 7 heteroatoms. The number of allylic oxidation sites excluding steroid dienone is 1. The van der Waals surface area contributed by atoms with Crippen molar-refractivity contribution in [2.75, 3.05) is 39.5 Å². The zero-order valence-corrected chi connectivity index (χ0v) is 25.6. The van der Waals surface area contributed by atoms with Gasteiger partial charge in [-0.3, -0.25) is 9.65 Å². The van der Waals surface area contributed by atoms with Crippen molar-refractivity contribution in [1.29, 1.82) is 0 Å². The van der Waals surface area contributed by atoms with E-state index in [1.165, 1.54) is 60.4 Å². The third-order valence-electron chi connectivity index (χ3n) is 8.23. The maximum atomic E-state index is 6.48. The van der Waals surface area contributed by atoms with Gasteiger partial charge in [0.1, 0.15) is 0 Å². The summed E-state index contributed by atoms with van der Waals surface area (Å²) < 4.78 is 4.87. The molecule has 0 saturated carbocycles. The van der Waals surface area contributed by atoms with Crippen LogP contribution in [0.3, 0.4) is 0 Å². The van der Waals surface area contributed by atoms with E-state index in [2.05, 4.69) is 79.5 Å². The number of hydrogen-bond acceptors (Lipinski definition) is 3. The minimum Gasteiger partial charge on any atom is -0.375 e. The summed E-state index contributed by atoms with van der Waals surface area (Å²) in [4.78, 5) is 7.58. The quantitative estimate of drug-likeness (QED) is 0.309. The molecule has 0 amide bonds. The lowest BCUT2D eigenvalue weighted by Gasteiger charge is -2.39. The fourth-order valence-corrected chi connectivity index (χ4v) is 8.96. The van der Waals surface area contributed by atoms with Crippen molar-refractivity contribution in [3.63, 3.8) is 0 Å². The van der Waals surface area contributed by atoms with Crippen LogP contribution in [-0.4, -0.2) is 54.1 Å². The number of rotatable bonds is 5. The third kappa shape index (κ3) is 5.70. The number of aryl methyl sites for hydroxylation is 2. The van der Waals surface area contributed by atoms with Gasteiger partial charge in [0.15, 0.2) is 0 Å². The fraction of sp³-hybridized carbons (Fsp3) is 0.536. The number of pyridine rings is 1. The van der Waals surface area contributed by atoms with Crippen molar-refractivity contribution in [3.8, 4) is 0 Å². The Hall–Kier alpha value is -0.450. The molecule has 0 bridgehead atoms. The predicted octanol–water partition coefficient (Wildman–Crippen LogP) is 8.08. The smallest absolute Gasteiger partial charge is 0.0514 e. The molecule has 3 heterocycles. The number of aromatic nitrogens is 1. The summed E-state index contributed by atoms with van der Waals surface area (Å²) in [5.41, 5.74) is 6.75. The number of hydrogen-bond donors (Lipinski definition) is 0. The van der Waals surface area contributed by atoms with Gasteiger partial charge in [-0.15, -0.1) is 0 Å². The summed E-state index contributed by atoms with van der Waals surface area (Å²) in [6.07, 6.45) is 8.79. The Morgan fingerprint density at radius 3 is 2.54 bits per heavy atom. The van der Waals surface area contributed by atoms with Gasteiger partial charge in [-0.05, 0) is 123 Å². The summed E-state index contributed by atoms with van der Waals surface area (Å²) in [6, 6.07) is 6.52. The highest BCUT2D eigenvalue weighted by molar-refractivity contribution is 9.10. The van der Waals surface area contributed by atoms with E-state index in [0.29, 0.717) is 11.8 Å². The largest absolute Gasteiger partial charge is 0.375 e. The molecule has 3 aliphatic rings. The number of likely N-dealkylation sites (tertiary alicyclic amines) is 1. The standard InChI is InChI=1S/C28H35Br2ClN3P/c1-18(12-19-6-11-34(17-19)35(2)3)33-9-7-20(8-10-33)27-26-21(14-24(31)15-25(26)30)4-5-22-13-23(29)16-32-28(22)27/h13-16,19-20,27H,1,4-12,17H2,2-3H3/t19-,27?/m0/s1. The first-order chi connectivity index (χ1) is 16.8. The number of halogens is 3. The van der Waals surface area contributed by atoms with Crippen molar-refractivity contribution >= 4 is 51.5 Å². The van der Waals surface area contributed by atoms with Crippen LogP contribution in [0.25, 0.3) is 0 Å². The summed E-state index contributed by atoms with van der Waals surface area (Å²) in [6.45, 7) is 14.0. The molecule has 5 rings (SSSR count). The lowest BCUT2D eigenvalue weighted by molar-refractivity contribution is 0.203. The van der Waals surface area contributed by atoms with Crippen molar-refractivity contribution in [2.45, 2.75) is 44.4 Å². The summed E-state index contributed by atoms with van der Waals surface area (Å²) in [5.74, 6) is 1.63. The predicted molar refractivity (Wildman–Crippen MR) is 157 cm³/mol. The van der Waals surface area contributed by atoms with E-state index in [9.17, 15) is 0 Å². The first-order valence-corrected chi connectivity index (χ1v) is 16.9. The normalized spacial score (nSPS) is 23.3. The minimum absolute atomic E-state index is 0.0363. The van der Waals surface area contributed by atoms with Gasteiger partial charge in [-0.2, -0.15) is 0 Å². The Morgan fingerprint density at radius 2 is 1.83 bits per heavy atom. The van der Waals surface area contributed by atoms with Gasteiger partial charge in [0.05, 0.1) is 5.69 Å². The SMILES string of the molecule is C=C(C[C@@H]1CCN(P(C)C)C1)N1CCC(C2c3ncc(Br)cc3CCc3cc(Cl)cc(Br)c32)CC1. The van der Waals surface area contributed by atoms with E-state index >= 15 is 0 Å². The Labute approximate surface area is 233 Å².